The largest absolute Gasteiger partial charge is 0.355 e. The number of aromatic nitrogens is 1. The van der Waals surface area contributed by atoms with E-state index in [0.29, 0.717) is 0 Å². The van der Waals surface area contributed by atoms with Gasteiger partial charge in [0.15, 0.2) is 0 Å². The molecule has 112 valence electrons. The summed E-state index contributed by atoms with van der Waals surface area (Å²) in [7, 11) is 2.02. The molecule has 1 N–H and O–H groups in total. The third kappa shape index (κ3) is 3.09. The quantitative estimate of drug-likeness (QED) is 0.569. The number of nitrogens with one attached hydrogen (secondary N) is 1. The highest BCUT2D eigenvalue weighted by Crippen LogP contribution is 2.23. The van der Waals surface area contributed by atoms with Gasteiger partial charge in [-0.25, -0.2) is 0 Å². The second-order valence-corrected chi connectivity index (χ2v) is 6.27. The molecule has 3 aromatic rings. The van der Waals surface area contributed by atoms with Crippen LogP contribution in [0.15, 0.2) is 58.7 Å². The summed E-state index contributed by atoms with van der Waals surface area (Å²) in [5.74, 6) is 0. The average Bonchev–Trinajstić information content (AvgIpc) is 2.82. The molecule has 2 aromatic carbocycles. The molecule has 0 fully saturated rings. The highest BCUT2D eigenvalue weighted by atomic mass is 32.1. The van der Waals surface area contributed by atoms with Gasteiger partial charge in [-0.15, -0.1) is 5.10 Å². The molecule has 22 heavy (non-hydrogen) atoms. The lowest BCUT2D eigenvalue weighted by atomic mass is 10.2. The number of anilines is 2. The summed E-state index contributed by atoms with van der Waals surface area (Å²) in [6, 6.07) is 16.5. The van der Waals surface area contributed by atoms with Crippen molar-refractivity contribution in [3.8, 4) is 0 Å². The maximum Gasteiger partial charge on any atom is 0.211 e. The van der Waals surface area contributed by atoms with Crippen LogP contribution in [-0.2, 0) is 7.05 Å². The highest BCUT2D eigenvalue weighted by Gasteiger charge is 2.04. The van der Waals surface area contributed by atoms with Crippen molar-refractivity contribution in [3.05, 3.63) is 53.3 Å². The van der Waals surface area contributed by atoms with Crippen LogP contribution >= 0.6 is 11.3 Å². The Labute approximate surface area is 133 Å². The summed E-state index contributed by atoms with van der Waals surface area (Å²) < 4.78 is 3.25. The minimum atomic E-state index is 0.896. The maximum atomic E-state index is 4.31. The van der Waals surface area contributed by atoms with Crippen molar-refractivity contribution in [2.45, 2.75) is 13.8 Å². The molecule has 0 radical (unpaired) electrons. The Kier molecular flexibility index (Phi) is 4.06. The number of aryl methyl sites for hydroxylation is 1. The first-order valence-electron chi connectivity index (χ1n) is 7.10. The summed E-state index contributed by atoms with van der Waals surface area (Å²) in [6.45, 7) is 3.89. The number of benzene rings is 2. The van der Waals surface area contributed by atoms with Gasteiger partial charge in [-0.1, -0.05) is 29.5 Å². The molecule has 1 heterocycles. The summed E-state index contributed by atoms with van der Waals surface area (Å²) in [4.78, 5) is 0.896. The van der Waals surface area contributed by atoms with E-state index in [4.69, 9.17) is 0 Å². The molecule has 3 rings (SSSR count). The summed E-state index contributed by atoms with van der Waals surface area (Å²) in [6.07, 6.45) is 0. The molecule has 5 heteroatoms. The average molecular weight is 310 g/mol. The molecule has 0 saturated heterocycles. The van der Waals surface area contributed by atoms with Gasteiger partial charge in [0.2, 0.25) is 4.80 Å². The Morgan fingerprint density at radius 2 is 1.82 bits per heavy atom. The number of hydrogen-bond acceptors (Lipinski definition) is 4. The SMILES string of the molecule is CC(C)=NN=c1sc2cc(Nc3ccccc3)ccc2n1C. The van der Waals surface area contributed by atoms with Crippen LogP contribution in [0.1, 0.15) is 13.8 Å². The first-order chi connectivity index (χ1) is 10.6. The zero-order valence-corrected chi connectivity index (χ0v) is 13.7. The zero-order valence-electron chi connectivity index (χ0n) is 12.9. The molecular formula is C17H18N4S. The van der Waals surface area contributed by atoms with Crippen LogP contribution in [0.2, 0.25) is 0 Å². The van der Waals surface area contributed by atoms with Crippen LogP contribution in [0.4, 0.5) is 11.4 Å². The number of thiazole rings is 1. The van der Waals surface area contributed by atoms with E-state index in [-0.39, 0.29) is 0 Å². The fourth-order valence-electron chi connectivity index (χ4n) is 2.14. The van der Waals surface area contributed by atoms with Crippen LogP contribution in [-0.4, -0.2) is 10.3 Å². The van der Waals surface area contributed by atoms with Gasteiger partial charge in [0, 0.05) is 24.1 Å². The monoisotopic (exact) mass is 310 g/mol. The zero-order chi connectivity index (χ0) is 15.5. The third-order valence-electron chi connectivity index (χ3n) is 3.21. The number of para-hydroxylation sites is 1. The van der Waals surface area contributed by atoms with Gasteiger partial charge in [-0.05, 0) is 44.2 Å². The van der Waals surface area contributed by atoms with Crippen LogP contribution < -0.4 is 10.1 Å². The second-order valence-electron chi connectivity index (χ2n) is 5.26. The molecule has 0 aliphatic heterocycles. The van der Waals surface area contributed by atoms with E-state index in [9.17, 15) is 0 Å². The molecule has 0 amide bonds. The molecule has 1 aromatic heterocycles. The number of nitrogens with zero attached hydrogens (tertiary/aromatic N) is 3. The lowest BCUT2D eigenvalue weighted by Crippen LogP contribution is -2.09. The van der Waals surface area contributed by atoms with Crippen molar-refractivity contribution in [1.82, 2.24) is 4.57 Å². The topological polar surface area (TPSA) is 41.7 Å². The van der Waals surface area contributed by atoms with E-state index in [2.05, 4.69) is 50.4 Å². The minimum Gasteiger partial charge on any atom is -0.355 e. The van der Waals surface area contributed by atoms with Crippen molar-refractivity contribution in [2.75, 3.05) is 5.32 Å². The summed E-state index contributed by atoms with van der Waals surface area (Å²) in [5.41, 5.74) is 4.26. The molecule has 0 saturated carbocycles. The predicted octanol–water partition coefficient (Wildman–Crippen LogP) is 4.28. The third-order valence-corrected chi connectivity index (χ3v) is 4.29. The minimum absolute atomic E-state index is 0.896. The first-order valence-corrected chi connectivity index (χ1v) is 7.92. The Morgan fingerprint density at radius 3 is 2.55 bits per heavy atom. The van der Waals surface area contributed by atoms with Crippen LogP contribution in [0.25, 0.3) is 10.2 Å². The normalized spacial score (nSPS) is 11.7. The lowest BCUT2D eigenvalue weighted by molar-refractivity contribution is 0.888. The van der Waals surface area contributed by atoms with Crippen LogP contribution in [0, 0.1) is 0 Å². The Morgan fingerprint density at radius 1 is 1.05 bits per heavy atom. The van der Waals surface area contributed by atoms with Crippen molar-refractivity contribution < 1.29 is 0 Å². The number of hydrogen-bond donors (Lipinski definition) is 1. The Bertz CT molecular complexity index is 884. The van der Waals surface area contributed by atoms with Crippen LogP contribution in [0.3, 0.4) is 0 Å². The molecular weight excluding hydrogens is 292 g/mol. The molecule has 0 aliphatic rings. The van der Waals surface area contributed by atoms with Gasteiger partial charge in [-0.3, -0.25) is 0 Å². The Balaban J connectivity index is 2.00. The summed E-state index contributed by atoms with van der Waals surface area (Å²) in [5, 5.41) is 11.9. The molecule has 0 bridgehead atoms. The van der Waals surface area contributed by atoms with Gasteiger partial charge in [0.1, 0.15) is 0 Å². The van der Waals surface area contributed by atoms with Gasteiger partial charge in [0.05, 0.1) is 10.2 Å². The first kappa shape index (κ1) is 14.5. The van der Waals surface area contributed by atoms with E-state index >= 15 is 0 Å². The van der Waals surface area contributed by atoms with Gasteiger partial charge >= 0.3 is 0 Å². The molecule has 4 nitrogen and oxygen atoms in total. The maximum absolute atomic E-state index is 4.31. The van der Waals surface area contributed by atoms with E-state index in [1.54, 1.807) is 11.3 Å². The number of rotatable bonds is 3. The van der Waals surface area contributed by atoms with Crippen molar-refractivity contribution >= 4 is 38.6 Å². The molecule has 0 spiro atoms. The van der Waals surface area contributed by atoms with E-state index in [1.165, 1.54) is 4.70 Å². The predicted molar refractivity (Wildman–Crippen MR) is 94.9 cm³/mol. The van der Waals surface area contributed by atoms with E-state index in [1.807, 2.05) is 39.1 Å². The van der Waals surface area contributed by atoms with E-state index < -0.39 is 0 Å². The lowest BCUT2D eigenvalue weighted by Gasteiger charge is -2.06. The number of fused-ring (bicyclic) bond motifs is 1. The smallest absolute Gasteiger partial charge is 0.211 e. The second kappa shape index (κ2) is 6.15. The Hall–Kier alpha value is -2.40. The molecule has 0 unspecified atom stereocenters. The van der Waals surface area contributed by atoms with Gasteiger partial charge in [-0.2, -0.15) is 5.10 Å². The van der Waals surface area contributed by atoms with Gasteiger partial charge < -0.3 is 9.88 Å². The summed E-state index contributed by atoms with van der Waals surface area (Å²) >= 11 is 1.64. The van der Waals surface area contributed by atoms with Crippen molar-refractivity contribution in [1.29, 1.82) is 0 Å². The van der Waals surface area contributed by atoms with Crippen molar-refractivity contribution in [3.63, 3.8) is 0 Å². The van der Waals surface area contributed by atoms with E-state index in [0.717, 1.165) is 27.4 Å². The molecule has 0 atom stereocenters. The van der Waals surface area contributed by atoms with Crippen molar-refractivity contribution in [2.24, 2.45) is 17.3 Å². The fraction of sp³-hybridized carbons (Fsp3) is 0.176. The highest BCUT2D eigenvalue weighted by molar-refractivity contribution is 7.16. The fourth-order valence-corrected chi connectivity index (χ4v) is 3.15. The standard InChI is InChI=1S/C17H18N4S/c1-12(2)19-20-17-21(3)15-10-9-14(11-16(15)22-17)18-13-7-5-4-6-8-13/h4-11,18H,1-3H3. The molecule has 0 aliphatic carbocycles. The van der Waals surface area contributed by atoms with Crippen LogP contribution in [0.5, 0.6) is 0 Å². The van der Waals surface area contributed by atoms with Gasteiger partial charge in [0.25, 0.3) is 0 Å².